The summed E-state index contributed by atoms with van der Waals surface area (Å²) in [6.45, 7) is 0. The highest BCUT2D eigenvalue weighted by Crippen LogP contribution is 2.24. The summed E-state index contributed by atoms with van der Waals surface area (Å²) in [5, 5.41) is 65.4. The van der Waals surface area contributed by atoms with Crippen LogP contribution >= 0.6 is 0 Å². The van der Waals surface area contributed by atoms with Crippen molar-refractivity contribution in [3.63, 3.8) is 0 Å². The first kappa shape index (κ1) is 19.6. The van der Waals surface area contributed by atoms with Gasteiger partial charge < -0.3 is 0 Å². The Labute approximate surface area is 179 Å². The lowest BCUT2D eigenvalue weighted by Gasteiger charge is -2.09. The molecular weight excluding hydrogens is 406 g/mol. The molecule has 11 heteroatoms. The van der Waals surface area contributed by atoms with Crippen LogP contribution in [0.5, 0.6) is 0 Å². The van der Waals surface area contributed by atoms with Crippen molar-refractivity contribution >= 4 is 28.0 Å². The van der Waals surface area contributed by atoms with Crippen molar-refractivity contribution in [2.45, 2.75) is 12.8 Å². The second-order valence-corrected chi connectivity index (χ2v) is 6.38. The summed E-state index contributed by atoms with van der Waals surface area (Å²) in [7, 11) is 0. The number of nitriles is 6. The van der Waals surface area contributed by atoms with E-state index in [1.165, 1.54) is 0 Å². The predicted octanol–water partition coefficient (Wildman–Crippen LogP) is 0.555. The third kappa shape index (κ3) is 2.73. The Hall–Kier alpha value is -5.75. The molecule has 0 amide bonds. The number of benzene rings is 1. The van der Waals surface area contributed by atoms with E-state index in [4.69, 9.17) is 0 Å². The maximum atomic E-state index is 9.73. The molecule has 0 N–H and O–H groups in total. The van der Waals surface area contributed by atoms with Gasteiger partial charge in [-0.3, -0.25) is 0 Å². The monoisotopic (exact) mass is 411 g/mol. The Morgan fingerprint density at radius 1 is 0.688 bits per heavy atom. The van der Waals surface area contributed by atoms with E-state index in [0.29, 0.717) is 11.6 Å². The molecule has 144 valence electrons. The van der Waals surface area contributed by atoms with Gasteiger partial charge in [-0.1, -0.05) is 6.08 Å². The molecular formula is C21H5N11. The maximum Gasteiger partial charge on any atom is 0.181 e. The van der Waals surface area contributed by atoms with Gasteiger partial charge in [0, 0.05) is 5.22 Å². The SMILES string of the molecule is N#CC1=C(C#N)N=c2c(c3nnc(C#N)c(C#N)c3c3nc(C#N)c(C#N)nc23)=CCC1. The molecule has 2 aromatic heterocycles. The molecule has 3 aromatic rings. The summed E-state index contributed by atoms with van der Waals surface area (Å²) in [5.74, 6) is 0. The molecule has 0 saturated heterocycles. The van der Waals surface area contributed by atoms with Crippen molar-refractivity contribution in [1.82, 2.24) is 20.2 Å². The molecule has 0 radical (unpaired) electrons. The van der Waals surface area contributed by atoms with E-state index in [1.54, 1.807) is 24.3 Å². The zero-order chi connectivity index (χ0) is 22.8. The number of rotatable bonds is 0. The van der Waals surface area contributed by atoms with Crippen molar-refractivity contribution in [3.8, 4) is 36.4 Å². The van der Waals surface area contributed by atoms with Gasteiger partial charge in [0.25, 0.3) is 0 Å². The molecule has 0 spiro atoms. The third-order valence-electron chi connectivity index (χ3n) is 4.76. The van der Waals surface area contributed by atoms with E-state index in [-0.39, 0.29) is 67.6 Å². The van der Waals surface area contributed by atoms with Crippen LogP contribution in [0.25, 0.3) is 28.0 Å². The summed E-state index contributed by atoms with van der Waals surface area (Å²) < 4.78 is 0. The Balaban J connectivity index is 2.45. The van der Waals surface area contributed by atoms with Crippen molar-refractivity contribution < 1.29 is 0 Å². The van der Waals surface area contributed by atoms with Crippen LogP contribution in [0, 0.1) is 68.0 Å². The highest BCUT2D eigenvalue weighted by Gasteiger charge is 2.21. The Bertz CT molecular complexity index is 1790. The van der Waals surface area contributed by atoms with Crippen molar-refractivity contribution in [1.29, 1.82) is 31.6 Å². The van der Waals surface area contributed by atoms with Crippen molar-refractivity contribution in [3.05, 3.63) is 44.5 Å². The number of allylic oxidation sites excluding steroid dienone is 2. The van der Waals surface area contributed by atoms with Gasteiger partial charge in [-0.05, 0) is 12.8 Å². The first-order valence-electron chi connectivity index (χ1n) is 8.88. The molecule has 0 atom stereocenters. The summed E-state index contributed by atoms with van der Waals surface area (Å²) >= 11 is 0. The molecule has 4 rings (SSSR count). The molecule has 0 aliphatic carbocycles. The molecule has 1 aliphatic rings. The quantitative estimate of drug-likeness (QED) is 0.469. The summed E-state index contributed by atoms with van der Waals surface area (Å²) in [4.78, 5) is 12.8. The van der Waals surface area contributed by atoms with Crippen LogP contribution in [0.15, 0.2) is 16.3 Å². The predicted molar refractivity (Wildman–Crippen MR) is 104 cm³/mol. The molecule has 3 heterocycles. The van der Waals surface area contributed by atoms with E-state index in [1.807, 2.05) is 18.2 Å². The lowest BCUT2D eigenvalue weighted by atomic mass is 10.0. The first-order chi connectivity index (χ1) is 15.6. The fourth-order valence-corrected chi connectivity index (χ4v) is 3.38. The van der Waals surface area contributed by atoms with Gasteiger partial charge in [0.2, 0.25) is 0 Å². The van der Waals surface area contributed by atoms with Gasteiger partial charge in [0.05, 0.1) is 17.0 Å². The van der Waals surface area contributed by atoms with Crippen molar-refractivity contribution in [2.75, 3.05) is 0 Å². The van der Waals surface area contributed by atoms with E-state index in [2.05, 4.69) is 25.2 Å². The van der Waals surface area contributed by atoms with Gasteiger partial charge in [0.15, 0.2) is 22.8 Å². The number of fused-ring (bicyclic) bond motifs is 6. The van der Waals surface area contributed by atoms with E-state index in [9.17, 15) is 31.6 Å². The number of nitrogens with zero attached hydrogens (tertiary/aromatic N) is 11. The normalized spacial score (nSPS) is 12.3. The Morgan fingerprint density at radius 3 is 1.97 bits per heavy atom. The summed E-state index contributed by atoms with van der Waals surface area (Å²) in [6, 6.07) is 11.2. The molecule has 0 unspecified atom stereocenters. The largest absolute Gasteiger partial charge is 0.234 e. The number of hydrogen-bond donors (Lipinski definition) is 0. The standard InChI is InChI=1S/C21H5N11/c22-4-10-2-1-3-11-18-17(12(5-23)14(7-25)31-32-18)20-21(19(11)28-13(10)6-24)30-16(9-27)15(8-26)29-20/h3H,1-2H2. The van der Waals surface area contributed by atoms with Gasteiger partial charge in [-0.2, -0.15) is 31.6 Å². The van der Waals surface area contributed by atoms with Crippen LogP contribution in [0.4, 0.5) is 0 Å². The van der Waals surface area contributed by atoms with Gasteiger partial charge >= 0.3 is 0 Å². The highest BCUT2D eigenvalue weighted by molar-refractivity contribution is 6.06. The fourth-order valence-electron chi connectivity index (χ4n) is 3.38. The average molecular weight is 411 g/mol. The molecule has 0 bridgehead atoms. The molecule has 1 aliphatic heterocycles. The Morgan fingerprint density at radius 2 is 1.38 bits per heavy atom. The van der Waals surface area contributed by atoms with Crippen LogP contribution in [-0.2, 0) is 0 Å². The zero-order valence-electron chi connectivity index (χ0n) is 15.9. The minimum absolute atomic E-state index is 0.00534. The van der Waals surface area contributed by atoms with E-state index >= 15 is 0 Å². The molecule has 0 saturated carbocycles. The molecule has 32 heavy (non-hydrogen) atoms. The lowest BCUT2D eigenvalue weighted by molar-refractivity contribution is 0.997. The molecule has 0 fully saturated rings. The highest BCUT2D eigenvalue weighted by atomic mass is 15.1. The number of aromatic nitrogens is 4. The molecule has 1 aromatic carbocycles. The zero-order valence-corrected chi connectivity index (χ0v) is 15.9. The van der Waals surface area contributed by atoms with Crippen LogP contribution in [-0.4, -0.2) is 20.2 Å². The lowest BCUT2D eigenvalue weighted by Crippen LogP contribution is -2.31. The minimum Gasteiger partial charge on any atom is -0.234 e. The van der Waals surface area contributed by atoms with Crippen LogP contribution in [0.1, 0.15) is 35.5 Å². The van der Waals surface area contributed by atoms with Gasteiger partial charge in [0.1, 0.15) is 57.8 Å². The number of hydrogen-bond acceptors (Lipinski definition) is 11. The fraction of sp³-hybridized carbons (Fsp3) is 0.0952. The second-order valence-electron chi connectivity index (χ2n) is 6.38. The summed E-state index contributed by atoms with van der Waals surface area (Å²) in [6.07, 6.45) is 2.30. The topological polar surface area (TPSA) is 207 Å². The minimum atomic E-state index is -0.288. The summed E-state index contributed by atoms with van der Waals surface area (Å²) in [5.41, 5.74) is -0.664. The van der Waals surface area contributed by atoms with Gasteiger partial charge in [-0.25, -0.2) is 15.0 Å². The maximum absolute atomic E-state index is 9.73. The van der Waals surface area contributed by atoms with E-state index in [0.717, 1.165) is 0 Å². The molecule has 11 nitrogen and oxygen atoms in total. The van der Waals surface area contributed by atoms with Crippen molar-refractivity contribution in [2.24, 2.45) is 4.99 Å². The first-order valence-corrected chi connectivity index (χ1v) is 8.88. The smallest absolute Gasteiger partial charge is 0.181 e. The van der Waals surface area contributed by atoms with Gasteiger partial charge in [-0.15, -0.1) is 10.2 Å². The second kappa shape index (κ2) is 7.58. The van der Waals surface area contributed by atoms with Crippen LogP contribution < -0.4 is 10.6 Å². The van der Waals surface area contributed by atoms with Crippen LogP contribution in [0.3, 0.4) is 0 Å². The third-order valence-corrected chi connectivity index (χ3v) is 4.76. The van der Waals surface area contributed by atoms with E-state index < -0.39 is 0 Å². The average Bonchev–Trinajstić information content (AvgIpc) is 2.82. The Kier molecular flexibility index (Phi) is 4.64. The van der Waals surface area contributed by atoms with Crippen LogP contribution in [0.2, 0.25) is 0 Å².